The fraction of sp³-hybridized carbons (Fsp3) is 0.500. The molecule has 0 aliphatic carbocycles. The van der Waals surface area contributed by atoms with Crippen LogP contribution in [0.5, 0.6) is 5.75 Å². The van der Waals surface area contributed by atoms with Gasteiger partial charge in [0.1, 0.15) is 11.7 Å². The quantitative estimate of drug-likeness (QED) is 0.0866. The van der Waals surface area contributed by atoms with Crippen LogP contribution in [-0.2, 0) is 0 Å². The maximum atomic E-state index is 13.9. The van der Waals surface area contributed by atoms with Crippen LogP contribution in [0.3, 0.4) is 0 Å². The summed E-state index contributed by atoms with van der Waals surface area (Å²) in [5, 5.41) is 9.80. The molecule has 3 aromatic carbocycles. The predicted molar refractivity (Wildman–Crippen MR) is 184 cm³/mol. The van der Waals surface area contributed by atoms with E-state index >= 15 is 0 Å². The Kier molecular flexibility index (Phi) is 16.0. The fourth-order valence-corrected chi connectivity index (χ4v) is 5.91. The molecule has 1 N–H and O–H groups in total. The lowest BCUT2D eigenvalue weighted by Crippen LogP contribution is -2.31. The summed E-state index contributed by atoms with van der Waals surface area (Å²) in [6.45, 7) is 4.89. The molecule has 3 rings (SSSR count). The van der Waals surface area contributed by atoms with E-state index in [9.17, 15) is 27.9 Å². The van der Waals surface area contributed by atoms with Crippen LogP contribution >= 0.6 is 0 Å². The van der Waals surface area contributed by atoms with E-state index in [2.05, 4.69) is 6.92 Å². The molecule has 4 nitrogen and oxygen atoms in total. The molecule has 0 spiro atoms. The van der Waals surface area contributed by atoms with E-state index < -0.39 is 23.8 Å². The molecule has 0 radical (unpaired) electrons. The van der Waals surface area contributed by atoms with Gasteiger partial charge in [-0.2, -0.15) is 13.2 Å². The highest BCUT2D eigenvalue weighted by Gasteiger charge is 2.44. The molecular weight excluding hydrogens is 601 g/mol. The van der Waals surface area contributed by atoms with E-state index in [4.69, 9.17) is 4.74 Å². The predicted octanol–water partition coefficient (Wildman–Crippen LogP) is 12.4. The van der Waals surface area contributed by atoms with Gasteiger partial charge >= 0.3 is 12.1 Å². The van der Waals surface area contributed by atoms with Gasteiger partial charge in [-0.1, -0.05) is 140 Å². The summed E-state index contributed by atoms with van der Waals surface area (Å²) in [5.74, 6) is -3.56. The fourth-order valence-electron chi connectivity index (χ4n) is 5.91. The summed E-state index contributed by atoms with van der Waals surface area (Å²) in [5.41, 5.74) is 2.33. The summed E-state index contributed by atoms with van der Waals surface area (Å²) in [7, 11) is 0. The Morgan fingerprint density at radius 1 is 0.660 bits per heavy atom. The second-order valence-electron chi connectivity index (χ2n) is 12.5. The topological polar surface area (TPSA) is 63.6 Å². The van der Waals surface area contributed by atoms with Gasteiger partial charge in [0.05, 0.1) is 12.2 Å². The second kappa shape index (κ2) is 19.9. The van der Waals surface area contributed by atoms with Crippen molar-refractivity contribution >= 4 is 11.8 Å². The largest absolute Gasteiger partial charge is 0.494 e. The third-order valence-corrected chi connectivity index (χ3v) is 8.74. The molecule has 0 aromatic heterocycles. The number of Topliss-reactive ketones (excluding diaryl/α,β-unsaturated/α-hetero) is 1. The minimum absolute atomic E-state index is 0.0790. The molecule has 3 aromatic rings. The van der Waals surface area contributed by atoms with E-state index in [1.807, 2.05) is 43.3 Å². The van der Waals surface area contributed by atoms with Crippen molar-refractivity contribution in [3.63, 3.8) is 0 Å². The van der Waals surface area contributed by atoms with Gasteiger partial charge in [-0.05, 0) is 59.4 Å². The Balaban J connectivity index is 1.61. The normalized spacial score (nSPS) is 12.2. The van der Waals surface area contributed by atoms with Crippen molar-refractivity contribution in [2.75, 3.05) is 6.61 Å². The number of carboxylic acids is 1. The van der Waals surface area contributed by atoms with Crippen molar-refractivity contribution in [2.45, 2.75) is 116 Å². The second-order valence-corrected chi connectivity index (χ2v) is 12.5. The van der Waals surface area contributed by atoms with E-state index in [-0.39, 0.29) is 23.1 Å². The standard InChI is InChI=1S/C40H51F3O4/c1-3-5-7-9-10-11-12-13-14-16-28-47-34-25-22-31(23-26-34)30-18-20-32(21-19-30)36-29-33(24-27-35(36)39(45)46)38(44)37(40(41,42)43)17-15-8-6-4-2/h18-27,29,37H,3-17,28H2,1-2H3,(H,45,46). The summed E-state index contributed by atoms with van der Waals surface area (Å²) >= 11 is 0. The number of carbonyl (C=O) groups excluding carboxylic acids is 1. The molecule has 0 heterocycles. The lowest BCUT2D eigenvalue weighted by Gasteiger charge is -2.20. The average Bonchev–Trinajstić information content (AvgIpc) is 3.06. The van der Waals surface area contributed by atoms with Crippen molar-refractivity contribution in [1.82, 2.24) is 0 Å². The van der Waals surface area contributed by atoms with Crippen LogP contribution in [0.4, 0.5) is 13.2 Å². The van der Waals surface area contributed by atoms with E-state index in [0.29, 0.717) is 25.0 Å². The number of ether oxygens (including phenoxy) is 1. The highest BCUT2D eigenvalue weighted by Crippen LogP contribution is 2.35. The van der Waals surface area contributed by atoms with Crippen LogP contribution in [0.25, 0.3) is 22.3 Å². The van der Waals surface area contributed by atoms with Crippen LogP contribution < -0.4 is 4.74 Å². The third-order valence-electron chi connectivity index (χ3n) is 8.74. The van der Waals surface area contributed by atoms with Gasteiger partial charge < -0.3 is 9.84 Å². The van der Waals surface area contributed by atoms with Gasteiger partial charge in [-0.3, -0.25) is 4.79 Å². The van der Waals surface area contributed by atoms with Gasteiger partial charge in [0, 0.05) is 5.56 Å². The van der Waals surface area contributed by atoms with Crippen LogP contribution in [0.2, 0.25) is 0 Å². The van der Waals surface area contributed by atoms with Crippen LogP contribution in [0.15, 0.2) is 66.7 Å². The Hall–Kier alpha value is -3.61. The Bertz CT molecular complexity index is 1360. The first-order valence-corrected chi connectivity index (χ1v) is 17.5. The number of alkyl halides is 3. The molecule has 256 valence electrons. The summed E-state index contributed by atoms with van der Waals surface area (Å²) < 4.78 is 47.5. The number of hydrogen-bond donors (Lipinski definition) is 1. The summed E-state index contributed by atoms with van der Waals surface area (Å²) in [4.78, 5) is 25.1. The minimum atomic E-state index is -4.68. The number of hydrogen-bond acceptors (Lipinski definition) is 3. The summed E-state index contributed by atoms with van der Waals surface area (Å²) in [6, 6.07) is 18.6. The summed E-state index contributed by atoms with van der Waals surface area (Å²) in [6.07, 6.45) is 10.4. The SMILES string of the molecule is CCCCCCCCCCCCOc1ccc(-c2ccc(-c3cc(C(=O)C(CCCCCC)C(F)(F)F)ccc3C(=O)O)cc2)cc1. The number of ketones is 1. The van der Waals surface area contributed by atoms with E-state index in [1.54, 1.807) is 12.1 Å². The molecule has 0 saturated heterocycles. The van der Waals surface area contributed by atoms with Gasteiger partial charge in [0.2, 0.25) is 0 Å². The molecule has 0 fully saturated rings. The highest BCUT2D eigenvalue weighted by molar-refractivity contribution is 6.03. The van der Waals surface area contributed by atoms with Gasteiger partial charge in [0.25, 0.3) is 0 Å². The number of rotatable bonds is 22. The Morgan fingerprint density at radius 2 is 1.15 bits per heavy atom. The first-order valence-electron chi connectivity index (χ1n) is 17.5. The van der Waals surface area contributed by atoms with Crippen molar-refractivity contribution in [3.05, 3.63) is 77.9 Å². The zero-order valence-corrected chi connectivity index (χ0v) is 28.0. The number of carboxylic acid groups (broad SMARTS) is 1. The maximum Gasteiger partial charge on any atom is 0.398 e. The average molecular weight is 653 g/mol. The molecule has 0 saturated carbocycles. The number of halogens is 3. The smallest absolute Gasteiger partial charge is 0.398 e. The highest BCUT2D eigenvalue weighted by atomic mass is 19.4. The van der Waals surface area contributed by atoms with Crippen molar-refractivity contribution < 1.29 is 32.6 Å². The molecule has 0 aliphatic heterocycles. The maximum absolute atomic E-state index is 13.9. The van der Waals surface area contributed by atoms with Gasteiger partial charge in [0.15, 0.2) is 5.78 Å². The van der Waals surface area contributed by atoms with Crippen molar-refractivity contribution in [2.24, 2.45) is 5.92 Å². The van der Waals surface area contributed by atoms with Gasteiger partial charge in [-0.25, -0.2) is 4.79 Å². The lowest BCUT2D eigenvalue weighted by molar-refractivity contribution is -0.162. The molecular formula is C40H51F3O4. The molecule has 1 unspecified atom stereocenters. The van der Waals surface area contributed by atoms with Crippen LogP contribution in [-0.4, -0.2) is 29.6 Å². The molecule has 47 heavy (non-hydrogen) atoms. The first-order chi connectivity index (χ1) is 22.7. The molecule has 0 aliphatic rings. The van der Waals surface area contributed by atoms with E-state index in [0.717, 1.165) is 36.1 Å². The number of unbranched alkanes of at least 4 members (excludes halogenated alkanes) is 12. The number of benzene rings is 3. The number of carbonyl (C=O) groups is 2. The van der Waals surface area contributed by atoms with Crippen molar-refractivity contribution in [1.29, 1.82) is 0 Å². The van der Waals surface area contributed by atoms with Crippen molar-refractivity contribution in [3.8, 4) is 28.0 Å². The molecule has 0 bridgehead atoms. The minimum Gasteiger partial charge on any atom is -0.494 e. The Morgan fingerprint density at radius 3 is 1.68 bits per heavy atom. The monoisotopic (exact) mass is 652 g/mol. The molecule has 7 heteroatoms. The zero-order chi connectivity index (χ0) is 34.1. The molecule has 0 amide bonds. The number of aromatic carboxylic acids is 1. The van der Waals surface area contributed by atoms with Crippen LogP contribution in [0, 0.1) is 5.92 Å². The third kappa shape index (κ3) is 12.5. The van der Waals surface area contributed by atoms with E-state index in [1.165, 1.54) is 76.0 Å². The molecule has 1 atom stereocenters. The Labute approximate surface area is 278 Å². The zero-order valence-electron chi connectivity index (χ0n) is 28.0. The van der Waals surface area contributed by atoms with Crippen LogP contribution in [0.1, 0.15) is 131 Å². The lowest BCUT2D eigenvalue weighted by atomic mass is 9.88. The first kappa shape index (κ1) is 37.8. The van der Waals surface area contributed by atoms with Gasteiger partial charge in [-0.15, -0.1) is 0 Å².